The number of hydrogen-bond acceptors (Lipinski definition) is 3. The molecule has 3 rings (SSSR count). The van der Waals surface area contributed by atoms with E-state index in [0.717, 1.165) is 18.1 Å². The van der Waals surface area contributed by atoms with Crippen LogP contribution in [0.5, 0.6) is 0 Å². The summed E-state index contributed by atoms with van der Waals surface area (Å²) < 4.78 is 0. The van der Waals surface area contributed by atoms with Crippen LogP contribution in [0.3, 0.4) is 0 Å². The largest absolute Gasteiger partial charge is 0.380 e. The Bertz CT molecular complexity index is 529. The first-order valence-electron chi connectivity index (χ1n) is 6.63. The number of halogens is 1. The van der Waals surface area contributed by atoms with Crippen molar-refractivity contribution in [3.63, 3.8) is 0 Å². The molecule has 1 aliphatic rings. The fourth-order valence-corrected chi connectivity index (χ4v) is 3.37. The number of anilines is 1. The molecular formula is C15H17ClN2S. The molecule has 1 aromatic carbocycles. The van der Waals surface area contributed by atoms with Gasteiger partial charge in [-0.15, -0.1) is 11.3 Å². The predicted octanol–water partition coefficient (Wildman–Crippen LogP) is 4.23. The molecule has 1 saturated heterocycles. The minimum Gasteiger partial charge on any atom is -0.380 e. The molecule has 2 nitrogen and oxygen atoms in total. The summed E-state index contributed by atoms with van der Waals surface area (Å²) in [6.45, 7) is 2.21. The summed E-state index contributed by atoms with van der Waals surface area (Å²) in [6.07, 6.45) is 2.50. The van der Waals surface area contributed by atoms with Crippen LogP contribution in [0.4, 0.5) is 5.69 Å². The molecule has 0 spiro atoms. The van der Waals surface area contributed by atoms with Gasteiger partial charge in [0.25, 0.3) is 0 Å². The van der Waals surface area contributed by atoms with Gasteiger partial charge in [-0.1, -0.05) is 23.7 Å². The first-order valence-corrected chi connectivity index (χ1v) is 7.89. The van der Waals surface area contributed by atoms with E-state index in [1.165, 1.54) is 29.0 Å². The van der Waals surface area contributed by atoms with Crippen LogP contribution in [-0.2, 0) is 0 Å². The van der Waals surface area contributed by atoms with E-state index < -0.39 is 0 Å². The molecule has 1 atom stereocenters. The molecular weight excluding hydrogens is 276 g/mol. The monoisotopic (exact) mass is 292 g/mol. The number of piperidine rings is 1. The first-order chi connectivity index (χ1) is 9.31. The minimum atomic E-state index is 0.557. The van der Waals surface area contributed by atoms with E-state index in [2.05, 4.69) is 34.2 Å². The molecule has 4 heteroatoms. The van der Waals surface area contributed by atoms with Crippen LogP contribution in [-0.4, -0.2) is 19.1 Å². The Kier molecular flexibility index (Phi) is 4.06. The van der Waals surface area contributed by atoms with Crippen LogP contribution in [0.1, 0.15) is 12.8 Å². The molecule has 19 heavy (non-hydrogen) atoms. The van der Waals surface area contributed by atoms with Gasteiger partial charge in [-0.3, -0.25) is 0 Å². The smallest absolute Gasteiger partial charge is 0.0457 e. The van der Waals surface area contributed by atoms with Gasteiger partial charge < -0.3 is 10.6 Å². The zero-order valence-corrected chi connectivity index (χ0v) is 12.2. The molecule has 0 unspecified atom stereocenters. The van der Waals surface area contributed by atoms with Crippen molar-refractivity contribution in [2.45, 2.75) is 18.9 Å². The third-order valence-corrected chi connectivity index (χ3v) is 4.63. The average Bonchev–Trinajstić information content (AvgIpc) is 2.89. The van der Waals surface area contributed by atoms with Gasteiger partial charge >= 0.3 is 0 Å². The number of benzene rings is 1. The van der Waals surface area contributed by atoms with Crippen molar-refractivity contribution in [1.82, 2.24) is 5.32 Å². The van der Waals surface area contributed by atoms with Crippen LogP contribution >= 0.6 is 22.9 Å². The molecule has 2 heterocycles. The Hall–Kier alpha value is -1.03. The van der Waals surface area contributed by atoms with Gasteiger partial charge in [0, 0.05) is 33.6 Å². The Morgan fingerprint density at radius 2 is 2.11 bits per heavy atom. The van der Waals surface area contributed by atoms with Crippen molar-refractivity contribution in [2.24, 2.45) is 0 Å². The summed E-state index contributed by atoms with van der Waals surface area (Å²) in [5.74, 6) is 0. The van der Waals surface area contributed by atoms with Crippen molar-refractivity contribution in [1.29, 1.82) is 0 Å². The maximum Gasteiger partial charge on any atom is 0.0457 e. The summed E-state index contributed by atoms with van der Waals surface area (Å²) in [4.78, 5) is 1.28. The van der Waals surface area contributed by atoms with Crippen molar-refractivity contribution in [3.05, 3.63) is 40.7 Å². The lowest BCUT2D eigenvalue weighted by Crippen LogP contribution is -2.38. The summed E-state index contributed by atoms with van der Waals surface area (Å²) >= 11 is 7.69. The molecule has 1 aromatic heterocycles. The zero-order valence-electron chi connectivity index (χ0n) is 10.7. The molecule has 2 N–H and O–H groups in total. The lowest BCUT2D eigenvalue weighted by molar-refractivity contribution is 0.480. The van der Waals surface area contributed by atoms with Gasteiger partial charge in [0.2, 0.25) is 0 Å². The highest BCUT2D eigenvalue weighted by molar-refractivity contribution is 7.14. The fraction of sp³-hybridized carbons (Fsp3) is 0.333. The van der Waals surface area contributed by atoms with Crippen LogP contribution in [0.2, 0.25) is 5.02 Å². The summed E-state index contributed by atoms with van der Waals surface area (Å²) in [7, 11) is 0. The predicted molar refractivity (Wildman–Crippen MR) is 84.3 cm³/mol. The maximum atomic E-state index is 5.92. The van der Waals surface area contributed by atoms with E-state index in [-0.39, 0.29) is 0 Å². The molecule has 1 aliphatic heterocycles. The maximum absolute atomic E-state index is 5.92. The van der Waals surface area contributed by atoms with Gasteiger partial charge in [0.05, 0.1) is 0 Å². The van der Waals surface area contributed by atoms with Gasteiger partial charge in [-0.05, 0) is 43.1 Å². The van der Waals surface area contributed by atoms with Crippen LogP contribution in [0.15, 0.2) is 35.7 Å². The lowest BCUT2D eigenvalue weighted by atomic mass is 10.1. The Morgan fingerprint density at radius 3 is 2.84 bits per heavy atom. The van der Waals surface area contributed by atoms with E-state index in [0.29, 0.717) is 6.04 Å². The Balaban J connectivity index is 1.70. The second kappa shape index (κ2) is 5.95. The molecule has 2 aromatic rings. The molecule has 1 fully saturated rings. The van der Waals surface area contributed by atoms with E-state index in [9.17, 15) is 0 Å². The van der Waals surface area contributed by atoms with Crippen LogP contribution in [0, 0.1) is 0 Å². The molecule has 0 aliphatic carbocycles. The number of thiophene rings is 1. The van der Waals surface area contributed by atoms with Crippen LogP contribution in [0.25, 0.3) is 10.4 Å². The Morgan fingerprint density at radius 1 is 1.26 bits per heavy atom. The first kappa shape index (κ1) is 13.0. The van der Waals surface area contributed by atoms with Gasteiger partial charge in [0.15, 0.2) is 0 Å². The third-order valence-electron chi connectivity index (χ3n) is 3.40. The fourth-order valence-electron chi connectivity index (χ4n) is 2.39. The van der Waals surface area contributed by atoms with Crippen molar-refractivity contribution in [2.75, 3.05) is 18.4 Å². The zero-order chi connectivity index (χ0) is 13.1. The third kappa shape index (κ3) is 3.30. The summed E-state index contributed by atoms with van der Waals surface area (Å²) in [6, 6.07) is 10.8. The highest BCUT2D eigenvalue weighted by atomic mass is 35.5. The Labute approximate surface area is 122 Å². The summed E-state index contributed by atoms with van der Waals surface area (Å²) in [5.41, 5.74) is 2.45. The molecule has 0 radical (unpaired) electrons. The van der Waals surface area contributed by atoms with Crippen LogP contribution < -0.4 is 10.6 Å². The minimum absolute atomic E-state index is 0.557. The topological polar surface area (TPSA) is 24.1 Å². The normalized spacial score (nSPS) is 19.3. The van der Waals surface area contributed by atoms with E-state index in [1.807, 2.05) is 12.1 Å². The lowest BCUT2D eigenvalue weighted by Gasteiger charge is -2.24. The van der Waals surface area contributed by atoms with Crippen molar-refractivity contribution >= 4 is 28.6 Å². The standard InChI is InChI=1S/C15H17ClN2S/c16-12-5-3-11(4-6-12)15-8-14(10-19-15)18-13-2-1-7-17-9-13/h3-6,8,10,13,17-18H,1-2,7,9H2/t13-/m1/s1. The molecule has 0 saturated carbocycles. The molecule has 0 bridgehead atoms. The summed E-state index contributed by atoms with van der Waals surface area (Å²) in [5, 5.41) is 10.0. The van der Waals surface area contributed by atoms with E-state index in [1.54, 1.807) is 11.3 Å². The number of rotatable bonds is 3. The molecule has 0 amide bonds. The SMILES string of the molecule is Clc1ccc(-c2cc(N[C@@H]3CCCNC3)cs2)cc1. The van der Waals surface area contributed by atoms with Crippen molar-refractivity contribution < 1.29 is 0 Å². The highest BCUT2D eigenvalue weighted by Crippen LogP contribution is 2.31. The quantitative estimate of drug-likeness (QED) is 0.884. The number of hydrogen-bond donors (Lipinski definition) is 2. The van der Waals surface area contributed by atoms with E-state index in [4.69, 9.17) is 11.6 Å². The average molecular weight is 293 g/mol. The van der Waals surface area contributed by atoms with E-state index >= 15 is 0 Å². The van der Waals surface area contributed by atoms with Gasteiger partial charge in [0.1, 0.15) is 0 Å². The second-order valence-corrected chi connectivity index (χ2v) is 6.24. The number of nitrogens with one attached hydrogen (secondary N) is 2. The second-order valence-electron chi connectivity index (χ2n) is 4.89. The van der Waals surface area contributed by atoms with Crippen molar-refractivity contribution in [3.8, 4) is 10.4 Å². The van der Waals surface area contributed by atoms with Gasteiger partial charge in [-0.2, -0.15) is 0 Å². The van der Waals surface area contributed by atoms with Gasteiger partial charge in [-0.25, -0.2) is 0 Å². The highest BCUT2D eigenvalue weighted by Gasteiger charge is 2.13. The molecule has 100 valence electrons.